The maximum Gasteiger partial charge on any atom is 0.120 e. The zero-order chi connectivity index (χ0) is 35.6. The van der Waals surface area contributed by atoms with Crippen LogP contribution in [0.4, 0.5) is 0 Å². The Bertz CT molecular complexity index is 1380. The van der Waals surface area contributed by atoms with E-state index in [0.717, 1.165) is 21.7 Å². The maximum atomic E-state index is 5.25. The van der Waals surface area contributed by atoms with Gasteiger partial charge in [-0.25, -0.2) is 0 Å². The van der Waals surface area contributed by atoms with E-state index in [4.69, 9.17) is 6.58 Å². The van der Waals surface area contributed by atoms with E-state index in [9.17, 15) is 0 Å². The number of benzene rings is 4. The van der Waals surface area contributed by atoms with Crippen LogP contribution >= 0.6 is 0 Å². The third kappa shape index (κ3) is 8.10. The third-order valence-corrected chi connectivity index (χ3v) is 53.8. The average molecular weight is 737 g/mol. The van der Waals surface area contributed by atoms with Gasteiger partial charge >= 0.3 is 0 Å². The predicted molar refractivity (Wildman–Crippen MR) is 235 cm³/mol. The van der Waals surface area contributed by atoms with Crippen molar-refractivity contribution in [1.82, 2.24) is 0 Å². The molecule has 4 aromatic rings. The fraction of sp³-hybridized carbons (Fsp3) is 0.381. The minimum Gasteiger partial charge on any atom is -0.100 e. The molecular formula is C42H64Si6. The van der Waals surface area contributed by atoms with Gasteiger partial charge in [0.05, 0.1) is 0 Å². The zero-order valence-corrected chi connectivity index (χ0v) is 38.3. The highest BCUT2D eigenvalue weighted by atomic mass is 28.5. The molecule has 0 aliphatic heterocycles. The smallest absolute Gasteiger partial charge is 0.100 e. The van der Waals surface area contributed by atoms with Crippen molar-refractivity contribution in [3.8, 4) is 0 Å². The van der Waals surface area contributed by atoms with Gasteiger partial charge in [-0.3, -0.25) is 0 Å². The molecule has 0 fully saturated rings. The fourth-order valence-electron chi connectivity index (χ4n) is 11.0. The summed E-state index contributed by atoms with van der Waals surface area (Å²) in [6.07, 6.45) is 0. The standard InChI is InChI=1S/C42H64Si6/c1-36(34-47(37-26-18-14-19-27-37,38-28-20-15-21-29-38)41(43(2,3)4)44(5,6)7)35-48(39-30-22-16-23-31-39,40-32-24-17-25-33-40)42(45(8,9)10)46(11,12)13/h14-33,41-42H,1,34-35H2,2-13H3. The maximum absolute atomic E-state index is 5.25. The molecule has 0 heterocycles. The van der Waals surface area contributed by atoms with Crippen molar-refractivity contribution >= 4 is 69.2 Å². The van der Waals surface area contributed by atoms with Gasteiger partial charge in [-0.05, 0) is 21.7 Å². The topological polar surface area (TPSA) is 0 Å². The van der Waals surface area contributed by atoms with Crippen molar-refractivity contribution in [2.75, 3.05) is 0 Å². The lowest BCUT2D eigenvalue weighted by molar-refractivity contribution is 1.23. The van der Waals surface area contributed by atoms with Crippen LogP contribution in [0.25, 0.3) is 0 Å². The molecule has 256 valence electrons. The molecule has 0 N–H and O–H groups in total. The lowest BCUT2D eigenvalue weighted by atomic mass is 10.3. The Morgan fingerprint density at radius 1 is 0.375 bits per heavy atom. The molecule has 0 amide bonds. The second-order valence-electron chi connectivity index (χ2n) is 18.8. The van der Waals surface area contributed by atoms with E-state index in [0.29, 0.717) is 0 Å². The van der Waals surface area contributed by atoms with Crippen molar-refractivity contribution in [2.45, 2.75) is 100 Å². The second kappa shape index (κ2) is 14.6. The summed E-state index contributed by atoms with van der Waals surface area (Å²) in [5.74, 6) is 0. The van der Waals surface area contributed by atoms with Gasteiger partial charge in [-0.15, -0.1) is 6.58 Å². The highest BCUT2D eigenvalue weighted by molar-refractivity contribution is 7.23. The summed E-state index contributed by atoms with van der Waals surface area (Å²) in [4.78, 5) is 1.52. The van der Waals surface area contributed by atoms with Crippen LogP contribution in [0, 0.1) is 0 Å². The Morgan fingerprint density at radius 2 is 0.562 bits per heavy atom. The Morgan fingerprint density at radius 3 is 0.729 bits per heavy atom. The van der Waals surface area contributed by atoms with Gasteiger partial charge < -0.3 is 0 Å². The highest BCUT2D eigenvalue weighted by Gasteiger charge is 2.58. The average Bonchev–Trinajstić information content (AvgIpc) is 2.99. The van der Waals surface area contributed by atoms with Crippen molar-refractivity contribution in [3.63, 3.8) is 0 Å². The first-order chi connectivity index (χ1) is 22.3. The first-order valence-electron chi connectivity index (χ1n) is 18.1. The van der Waals surface area contributed by atoms with E-state index < -0.39 is 48.4 Å². The summed E-state index contributed by atoms with van der Waals surface area (Å²) in [5, 5.41) is 6.47. The third-order valence-electron chi connectivity index (χ3n) is 10.7. The lowest BCUT2D eigenvalue weighted by Gasteiger charge is -2.54. The van der Waals surface area contributed by atoms with Crippen LogP contribution < -0.4 is 20.7 Å². The number of allylic oxidation sites excluding steroid dienone is 1. The Balaban J connectivity index is 2.09. The normalized spacial score (nSPS) is 13.6. The molecule has 0 saturated carbocycles. The molecule has 0 aromatic heterocycles. The van der Waals surface area contributed by atoms with Gasteiger partial charge in [0.2, 0.25) is 0 Å². The molecular weight excluding hydrogens is 673 g/mol. The van der Waals surface area contributed by atoms with Crippen molar-refractivity contribution < 1.29 is 0 Å². The van der Waals surface area contributed by atoms with Crippen molar-refractivity contribution in [2.24, 2.45) is 0 Å². The molecule has 4 rings (SSSR count). The zero-order valence-electron chi connectivity index (χ0n) is 32.3. The first kappa shape index (κ1) is 38.7. The molecule has 6 heteroatoms. The van der Waals surface area contributed by atoms with Gasteiger partial charge in [-0.2, -0.15) is 0 Å². The van der Waals surface area contributed by atoms with Crippen LogP contribution in [0.15, 0.2) is 133 Å². The lowest BCUT2D eigenvalue weighted by Crippen LogP contribution is -2.73. The fourth-order valence-corrected chi connectivity index (χ4v) is 69.1. The van der Waals surface area contributed by atoms with Gasteiger partial charge in [0, 0.05) is 32.3 Å². The molecule has 0 aliphatic rings. The summed E-state index contributed by atoms with van der Waals surface area (Å²) in [6, 6.07) is 49.7. The van der Waals surface area contributed by atoms with E-state index in [1.807, 2.05) is 0 Å². The summed E-state index contributed by atoms with van der Waals surface area (Å²) >= 11 is 0. The summed E-state index contributed by atoms with van der Waals surface area (Å²) < 4.78 is 0. The summed E-state index contributed by atoms with van der Waals surface area (Å²) in [7, 11) is -11.3. The van der Waals surface area contributed by atoms with Crippen LogP contribution in [-0.2, 0) is 0 Å². The first-order valence-corrected chi connectivity index (χ1v) is 37.0. The molecule has 4 aromatic carbocycles. The van der Waals surface area contributed by atoms with Gasteiger partial charge in [0.25, 0.3) is 0 Å². The van der Waals surface area contributed by atoms with E-state index in [-0.39, 0.29) is 0 Å². The Hall–Kier alpha value is -2.08. The van der Waals surface area contributed by atoms with Crippen LogP contribution in [0.5, 0.6) is 0 Å². The predicted octanol–water partition coefficient (Wildman–Crippen LogP) is 10.3. The van der Waals surface area contributed by atoms with Crippen molar-refractivity contribution in [1.29, 1.82) is 0 Å². The molecule has 48 heavy (non-hydrogen) atoms. The van der Waals surface area contributed by atoms with Gasteiger partial charge in [-0.1, -0.05) is 226 Å². The molecule has 0 unspecified atom stereocenters. The van der Waals surface area contributed by atoms with Gasteiger partial charge in [0.15, 0.2) is 0 Å². The van der Waals surface area contributed by atoms with E-state index in [1.54, 1.807) is 20.7 Å². The van der Waals surface area contributed by atoms with Crippen LogP contribution in [-0.4, -0.2) is 48.4 Å². The number of hydrogen-bond donors (Lipinski definition) is 0. The minimum atomic E-state index is -2.37. The summed E-state index contributed by atoms with van der Waals surface area (Å²) in [6.45, 7) is 37.3. The highest BCUT2D eigenvalue weighted by Crippen LogP contribution is 2.47. The Kier molecular flexibility index (Phi) is 11.8. The van der Waals surface area contributed by atoms with E-state index >= 15 is 0 Å². The molecule has 0 bridgehead atoms. The quantitative estimate of drug-likeness (QED) is 0.0893. The minimum absolute atomic E-state index is 0.758. The van der Waals surface area contributed by atoms with Crippen molar-refractivity contribution in [3.05, 3.63) is 133 Å². The van der Waals surface area contributed by atoms with Crippen LogP contribution in [0.3, 0.4) is 0 Å². The molecule has 0 radical (unpaired) electrons. The monoisotopic (exact) mass is 736 g/mol. The number of rotatable bonds is 14. The molecule has 0 saturated heterocycles. The molecule has 0 spiro atoms. The largest absolute Gasteiger partial charge is 0.120 e. The Labute approximate surface area is 301 Å². The van der Waals surface area contributed by atoms with E-state index in [1.165, 1.54) is 5.57 Å². The second-order valence-corrected chi connectivity index (χ2v) is 51.6. The molecule has 0 aliphatic carbocycles. The SMILES string of the molecule is C=C(C[Si](c1ccccc1)(c1ccccc1)C([Si](C)(C)C)[Si](C)(C)C)C[Si](c1ccccc1)(c1ccccc1)C([Si](C)(C)C)[Si](C)(C)C. The molecule has 0 nitrogen and oxygen atoms in total. The number of hydrogen-bond acceptors (Lipinski definition) is 0. The van der Waals surface area contributed by atoms with Crippen LogP contribution in [0.1, 0.15) is 0 Å². The van der Waals surface area contributed by atoms with Gasteiger partial charge in [0.1, 0.15) is 16.1 Å². The molecule has 0 atom stereocenters. The summed E-state index contributed by atoms with van der Waals surface area (Å²) in [5.41, 5.74) is 1.51. The van der Waals surface area contributed by atoms with Crippen LogP contribution in [0.2, 0.25) is 100 Å². The van der Waals surface area contributed by atoms with E-state index in [2.05, 4.69) is 200 Å².